The van der Waals surface area contributed by atoms with Crippen LogP contribution < -0.4 is 5.32 Å². The molecule has 0 aliphatic rings. The Balaban J connectivity index is 1.91. The van der Waals surface area contributed by atoms with Crippen LogP contribution in [0.15, 0.2) is 36.0 Å². The molecule has 0 saturated heterocycles. The predicted molar refractivity (Wildman–Crippen MR) is 105 cm³/mol. The first-order valence-electron chi connectivity index (χ1n) is 8.70. The molecule has 3 heterocycles. The summed E-state index contributed by atoms with van der Waals surface area (Å²) in [4.78, 5) is 25.8. The monoisotopic (exact) mass is 386 g/mol. The normalized spacial score (nSPS) is 13.4. The highest BCUT2D eigenvalue weighted by Gasteiger charge is 2.19. The zero-order valence-corrected chi connectivity index (χ0v) is 16.1. The highest BCUT2D eigenvalue weighted by atomic mass is 32.1. The van der Waals surface area contributed by atoms with E-state index in [1.165, 1.54) is 11.3 Å². The van der Waals surface area contributed by atoms with Crippen LogP contribution in [0.4, 0.5) is 5.95 Å². The van der Waals surface area contributed by atoms with Gasteiger partial charge in [0.05, 0.1) is 29.0 Å². The van der Waals surface area contributed by atoms with E-state index in [4.69, 9.17) is 4.74 Å². The van der Waals surface area contributed by atoms with E-state index in [-0.39, 0.29) is 18.2 Å². The van der Waals surface area contributed by atoms with Gasteiger partial charge in [0, 0.05) is 25.9 Å². The van der Waals surface area contributed by atoms with E-state index >= 15 is 0 Å². The fourth-order valence-corrected chi connectivity index (χ4v) is 3.54. The van der Waals surface area contributed by atoms with Gasteiger partial charge in [0.1, 0.15) is 5.69 Å². The van der Waals surface area contributed by atoms with Crippen LogP contribution in [0.5, 0.6) is 0 Å². The largest absolute Gasteiger partial charge is 0.393 e. The van der Waals surface area contributed by atoms with Crippen molar-refractivity contribution in [1.29, 1.82) is 0 Å². The molecule has 3 rings (SSSR count). The van der Waals surface area contributed by atoms with E-state index in [9.17, 15) is 9.90 Å². The third kappa shape index (κ3) is 4.85. The lowest BCUT2D eigenvalue weighted by atomic mass is 10.1. The number of rotatable bonds is 9. The van der Waals surface area contributed by atoms with Gasteiger partial charge in [0.15, 0.2) is 5.78 Å². The lowest BCUT2D eigenvalue weighted by Gasteiger charge is -2.18. The molecule has 0 saturated carbocycles. The van der Waals surface area contributed by atoms with Crippen LogP contribution in [0.1, 0.15) is 41.9 Å². The fourth-order valence-electron chi connectivity index (χ4n) is 2.70. The number of anilines is 1. The van der Waals surface area contributed by atoms with Gasteiger partial charge in [0.2, 0.25) is 5.95 Å². The standard InChI is InChI=1S/C19H22N4O3S/c1-12(24)5-6-16(25)17-18-14(7-9-27-18)21-19(23-17)22-15(11-26-2)13-4-3-8-20-10-13/h3-4,7-10,12,15,24H,5-6,11H2,1-2H3,(H,21,22,23)/t12-,15-/m0/s1. The van der Waals surface area contributed by atoms with Crippen molar-refractivity contribution >= 4 is 33.3 Å². The minimum absolute atomic E-state index is 0.0986. The van der Waals surface area contributed by atoms with Crippen molar-refractivity contribution < 1.29 is 14.6 Å². The third-order valence-electron chi connectivity index (χ3n) is 4.08. The first-order chi connectivity index (χ1) is 13.1. The van der Waals surface area contributed by atoms with Crippen LogP contribution in [0.2, 0.25) is 0 Å². The first-order valence-corrected chi connectivity index (χ1v) is 9.58. The average molecular weight is 386 g/mol. The number of ketones is 1. The Bertz CT molecular complexity index is 898. The summed E-state index contributed by atoms with van der Waals surface area (Å²) in [5.74, 6) is 0.269. The lowest BCUT2D eigenvalue weighted by Crippen LogP contribution is -2.19. The summed E-state index contributed by atoms with van der Waals surface area (Å²) < 4.78 is 6.07. The molecule has 3 aromatic rings. The van der Waals surface area contributed by atoms with Crippen molar-refractivity contribution in [3.63, 3.8) is 0 Å². The maximum absolute atomic E-state index is 12.6. The molecule has 0 unspecified atom stereocenters. The Morgan fingerprint density at radius 3 is 2.93 bits per heavy atom. The predicted octanol–water partition coefficient (Wildman–Crippen LogP) is 3.23. The molecule has 2 N–H and O–H groups in total. The van der Waals surface area contributed by atoms with Crippen molar-refractivity contribution in [3.05, 3.63) is 47.2 Å². The number of hydrogen-bond donors (Lipinski definition) is 2. The number of Topliss-reactive ketones (excluding diaryl/α,β-unsaturated/α-hetero) is 1. The van der Waals surface area contributed by atoms with Crippen LogP contribution in [0.25, 0.3) is 10.2 Å². The number of ether oxygens (including phenoxy) is 1. The number of carbonyl (C=O) groups is 1. The average Bonchev–Trinajstić information content (AvgIpc) is 3.14. The molecule has 0 aromatic carbocycles. The van der Waals surface area contributed by atoms with Crippen LogP contribution in [-0.2, 0) is 4.74 Å². The number of carbonyl (C=O) groups excluding carboxylic acids is 1. The summed E-state index contributed by atoms with van der Waals surface area (Å²) >= 11 is 1.44. The fraction of sp³-hybridized carbons (Fsp3) is 0.368. The molecule has 0 amide bonds. The maximum Gasteiger partial charge on any atom is 0.224 e. The first kappa shape index (κ1) is 19.3. The molecule has 3 aromatic heterocycles. The van der Waals surface area contributed by atoms with Crippen molar-refractivity contribution in [2.45, 2.75) is 31.9 Å². The second-order valence-corrected chi connectivity index (χ2v) is 7.20. The van der Waals surface area contributed by atoms with Gasteiger partial charge < -0.3 is 15.2 Å². The van der Waals surface area contributed by atoms with Crippen molar-refractivity contribution in [2.75, 3.05) is 19.0 Å². The van der Waals surface area contributed by atoms with Crippen molar-refractivity contribution in [3.8, 4) is 0 Å². The molecule has 7 nitrogen and oxygen atoms in total. The Morgan fingerprint density at radius 2 is 2.22 bits per heavy atom. The van der Waals surface area contributed by atoms with E-state index in [0.29, 0.717) is 24.7 Å². The summed E-state index contributed by atoms with van der Waals surface area (Å²) in [7, 11) is 1.62. The molecular formula is C19H22N4O3S. The van der Waals surface area contributed by atoms with Gasteiger partial charge in [-0.25, -0.2) is 9.97 Å². The lowest BCUT2D eigenvalue weighted by molar-refractivity contribution is 0.0946. The molecular weight excluding hydrogens is 364 g/mol. The summed E-state index contributed by atoms with van der Waals surface area (Å²) in [6.45, 7) is 2.08. The number of pyridine rings is 1. The third-order valence-corrected chi connectivity index (χ3v) is 4.99. The molecule has 27 heavy (non-hydrogen) atoms. The van der Waals surface area contributed by atoms with Crippen LogP contribution >= 0.6 is 11.3 Å². The van der Waals surface area contributed by atoms with Crippen molar-refractivity contribution in [1.82, 2.24) is 15.0 Å². The second kappa shape index (κ2) is 8.98. The van der Waals surface area contributed by atoms with Gasteiger partial charge in [-0.3, -0.25) is 9.78 Å². The quantitative estimate of drug-likeness (QED) is 0.545. The summed E-state index contributed by atoms with van der Waals surface area (Å²) in [5, 5.41) is 14.6. The molecule has 8 heteroatoms. The maximum atomic E-state index is 12.6. The zero-order valence-electron chi connectivity index (χ0n) is 15.3. The number of nitrogens with one attached hydrogen (secondary N) is 1. The molecule has 142 valence electrons. The summed E-state index contributed by atoms with van der Waals surface area (Å²) in [5.41, 5.74) is 2.05. The highest BCUT2D eigenvalue weighted by Crippen LogP contribution is 2.26. The highest BCUT2D eigenvalue weighted by molar-refractivity contribution is 7.17. The number of aromatic nitrogens is 3. The molecule has 0 aliphatic carbocycles. The molecule has 0 bridgehead atoms. The summed E-state index contributed by atoms with van der Waals surface area (Å²) in [6, 6.07) is 5.48. The molecule has 0 aliphatic heterocycles. The van der Waals surface area contributed by atoms with Crippen LogP contribution in [0.3, 0.4) is 0 Å². The Labute approximate surface area is 161 Å². The molecule has 0 spiro atoms. The number of nitrogens with zero attached hydrogens (tertiary/aromatic N) is 3. The molecule has 2 atom stereocenters. The van der Waals surface area contributed by atoms with Gasteiger partial charge in [0.25, 0.3) is 0 Å². The van der Waals surface area contributed by atoms with E-state index in [1.807, 2.05) is 23.6 Å². The Kier molecular flexibility index (Phi) is 6.44. The van der Waals surface area contributed by atoms with Gasteiger partial charge in [-0.15, -0.1) is 11.3 Å². The topological polar surface area (TPSA) is 97.2 Å². The Hall–Kier alpha value is -2.42. The SMILES string of the molecule is COC[C@H](Nc1nc(C(=O)CC[C@H](C)O)c2sccc2n1)c1cccnc1. The van der Waals surface area contributed by atoms with Crippen LogP contribution in [-0.4, -0.2) is 45.7 Å². The second-order valence-electron chi connectivity index (χ2n) is 6.28. The van der Waals surface area contributed by atoms with Gasteiger partial charge in [-0.05, 0) is 36.4 Å². The molecule has 0 radical (unpaired) electrons. The zero-order chi connectivity index (χ0) is 19.2. The number of methoxy groups -OCH3 is 1. The number of thiophene rings is 1. The van der Waals surface area contributed by atoms with E-state index < -0.39 is 6.10 Å². The number of aliphatic hydroxyl groups excluding tert-OH is 1. The van der Waals surface area contributed by atoms with Gasteiger partial charge in [-0.2, -0.15) is 0 Å². The number of fused-ring (bicyclic) bond motifs is 1. The Morgan fingerprint density at radius 1 is 1.37 bits per heavy atom. The van der Waals surface area contributed by atoms with Gasteiger partial charge >= 0.3 is 0 Å². The number of hydrogen-bond acceptors (Lipinski definition) is 8. The minimum atomic E-state index is -0.524. The molecule has 0 fully saturated rings. The van der Waals surface area contributed by atoms with E-state index in [1.54, 1.807) is 26.4 Å². The minimum Gasteiger partial charge on any atom is -0.393 e. The van der Waals surface area contributed by atoms with Crippen molar-refractivity contribution in [2.24, 2.45) is 0 Å². The number of aliphatic hydroxyl groups is 1. The summed E-state index contributed by atoms with van der Waals surface area (Å²) in [6.07, 6.45) is 3.59. The van der Waals surface area contributed by atoms with E-state index in [0.717, 1.165) is 15.8 Å². The van der Waals surface area contributed by atoms with Gasteiger partial charge in [-0.1, -0.05) is 6.07 Å². The smallest absolute Gasteiger partial charge is 0.224 e. The van der Waals surface area contributed by atoms with Crippen LogP contribution in [0, 0.1) is 0 Å². The van der Waals surface area contributed by atoms with E-state index in [2.05, 4.69) is 20.3 Å².